The van der Waals surface area contributed by atoms with Crippen molar-refractivity contribution < 1.29 is 4.79 Å². The number of carbonyl (C=O) groups is 1. The van der Waals surface area contributed by atoms with Crippen LogP contribution in [0.25, 0.3) is 0 Å². The Morgan fingerprint density at radius 1 is 1.18 bits per heavy atom. The molecule has 1 aromatic heterocycles. The molecular formula is C17H26N4O. The summed E-state index contributed by atoms with van der Waals surface area (Å²) in [4.78, 5) is 21.4. The number of piperazine rings is 1. The summed E-state index contributed by atoms with van der Waals surface area (Å²) in [6.45, 7) is 6.75. The van der Waals surface area contributed by atoms with E-state index in [0.29, 0.717) is 5.56 Å². The number of amides is 1. The molecule has 0 unspecified atom stereocenters. The summed E-state index contributed by atoms with van der Waals surface area (Å²) >= 11 is 0. The maximum atomic E-state index is 12.6. The number of carbonyl (C=O) groups excluding carboxylic acids is 1. The fourth-order valence-electron chi connectivity index (χ4n) is 3.31. The molecule has 0 aromatic carbocycles. The number of anilines is 1. The molecule has 2 aliphatic heterocycles. The Hall–Kier alpha value is -1.62. The van der Waals surface area contributed by atoms with Gasteiger partial charge < -0.3 is 15.1 Å². The molecule has 1 aromatic rings. The second-order valence-electron chi connectivity index (χ2n) is 6.36. The van der Waals surface area contributed by atoms with E-state index in [1.807, 2.05) is 17.0 Å². The van der Waals surface area contributed by atoms with E-state index in [2.05, 4.69) is 22.1 Å². The molecule has 2 saturated heterocycles. The zero-order valence-corrected chi connectivity index (χ0v) is 13.4. The number of rotatable bonds is 2. The van der Waals surface area contributed by atoms with Crippen molar-refractivity contribution >= 4 is 11.7 Å². The highest BCUT2D eigenvalue weighted by atomic mass is 16.2. The molecule has 5 heteroatoms. The summed E-state index contributed by atoms with van der Waals surface area (Å²) in [6.07, 6.45) is 6.85. The Balaban J connectivity index is 1.69. The van der Waals surface area contributed by atoms with E-state index in [9.17, 15) is 4.79 Å². The number of hydrogen-bond acceptors (Lipinski definition) is 4. The molecule has 0 spiro atoms. The molecule has 3 heterocycles. The minimum absolute atomic E-state index is 0.101. The molecule has 1 atom stereocenters. The van der Waals surface area contributed by atoms with Crippen molar-refractivity contribution in [1.29, 1.82) is 0 Å². The molecule has 0 saturated carbocycles. The number of aromatic nitrogens is 1. The molecular weight excluding hydrogens is 276 g/mol. The lowest BCUT2D eigenvalue weighted by molar-refractivity contribution is 0.0655. The first-order valence-electron chi connectivity index (χ1n) is 8.48. The van der Waals surface area contributed by atoms with Gasteiger partial charge >= 0.3 is 0 Å². The molecule has 2 aliphatic rings. The minimum atomic E-state index is 0.101. The van der Waals surface area contributed by atoms with E-state index in [1.54, 1.807) is 6.20 Å². The molecule has 22 heavy (non-hydrogen) atoms. The van der Waals surface area contributed by atoms with Crippen LogP contribution in [0.1, 0.15) is 43.0 Å². The topological polar surface area (TPSA) is 48.5 Å². The minimum Gasteiger partial charge on any atom is -0.357 e. The summed E-state index contributed by atoms with van der Waals surface area (Å²) in [5, 5.41) is 3.31. The van der Waals surface area contributed by atoms with Crippen molar-refractivity contribution in [2.45, 2.75) is 38.6 Å². The third kappa shape index (κ3) is 3.40. The average molecular weight is 302 g/mol. The largest absolute Gasteiger partial charge is 0.357 e. The number of nitrogens with one attached hydrogen (secondary N) is 1. The Morgan fingerprint density at radius 3 is 2.59 bits per heavy atom. The zero-order valence-electron chi connectivity index (χ0n) is 13.4. The Morgan fingerprint density at radius 2 is 1.95 bits per heavy atom. The van der Waals surface area contributed by atoms with Crippen LogP contribution in [0.5, 0.6) is 0 Å². The van der Waals surface area contributed by atoms with Gasteiger partial charge in [0.25, 0.3) is 5.91 Å². The van der Waals surface area contributed by atoms with Crippen molar-refractivity contribution in [1.82, 2.24) is 15.2 Å². The van der Waals surface area contributed by atoms with Crippen LogP contribution in [0.2, 0.25) is 0 Å². The van der Waals surface area contributed by atoms with Crippen LogP contribution in [-0.2, 0) is 0 Å². The molecule has 1 amide bonds. The van der Waals surface area contributed by atoms with Crippen molar-refractivity contribution in [2.75, 3.05) is 37.6 Å². The van der Waals surface area contributed by atoms with Crippen LogP contribution < -0.4 is 10.2 Å². The average Bonchev–Trinajstić information content (AvgIpc) is 2.84. The van der Waals surface area contributed by atoms with E-state index < -0.39 is 0 Å². The summed E-state index contributed by atoms with van der Waals surface area (Å²) < 4.78 is 0. The molecule has 0 aliphatic carbocycles. The van der Waals surface area contributed by atoms with Crippen LogP contribution in [0.3, 0.4) is 0 Å². The van der Waals surface area contributed by atoms with Crippen molar-refractivity contribution in [2.24, 2.45) is 0 Å². The van der Waals surface area contributed by atoms with Gasteiger partial charge in [-0.2, -0.15) is 0 Å². The van der Waals surface area contributed by atoms with E-state index in [0.717, 1.165) is 38.5 Å². The first-order valence-corrected chi connectivity index (χ1v) is 8.48. The third-order valence-electron chi connectivity index (χ3n) is 4.69. The van der Waals surface area contributed by atoms with Crippen molar-refractivity contribution in [3.05, 3.63) is 23.9 Å². The highest BCUT2D eigenvalue weighted by Gasteiger charge is 2.24. The van der Waals surface area contributed by atoms with Gasteiger partial charge in [0.1, 0.15) is 5.82 Å². The van der Waals surface area contributed by atoms with Gasteiger partial charge in [-0.1, -0.05) is 12.8 Å². The van der Waals surface area contributed by atoms with Gasteiger partial charge in [-0.05, 0) is 31.9 Å². The first-order chi connectivity index (χ1) is 10.8. The maximum absolute atomic E-state index is 12.6. The normalized spacial score (nSPS) is 23.2. The molecule has 5 nitrogen and oxygen atoms in total. The zero-order chi connectivity index (χ0) is 15.4. The van der Waals surface area contributed by atoms with E-state index in [-0.39, 0.29) is 11.9 Å². The Kier molecular flexibility index (Phi) is 4.93. The Bertz CT molecular complexity index is 494. The monoisotopic (exact) mass is 302 g/mol. The van der Waals surface area contributed by atoms with E-state index >= 15 is 0 Å². The molecule has 3 rings (SSSR count). The predicted molar refractivity (Wildman–Crippen MR) is 88.3 cm³/mol. The second-order valence-corrected chi connectivity index (χ2v) is 6.36. The van der Waals surface area contributed by atoms with Crippen LogP contribution in [0.4, 0.5) is 5.82 Å². The molecule has 2 fully saturated rings. The van der Waals surface area contributed by atoms with E-state index in [4.69, 9.17) is 0 Å². The molecule has 120 valence electrons. The third-order valence-corrected chi connectivity index (χ3v) is 4.69. The van der Waals surface area contributed by atoms with Gasteiger partial charge in [-0.3, -0.25) is 4.79 Å². The van der Waals surface area contributed by atoms with E-state index in [1.165, 1.54) is 25.7 Å². The summed E-state index contributed by atoms with van der Waals surface area (Å²) in [6, 6.07) is 4.18. The predicted octanol–water partition coefficient (Wildman–Crippen LogP) is 1.90. The van der Waals surface area contributed by atoms with Gasteiger partial charge in [-0.25, -0.2) is 4.98 Å². The van der Waals surface area contributed by atoms with Crippen LogP contribution >= 0.6 is 0 Å². The van der Waals surface area contributed by atoms with Gasteiger partial charge in [0.05, 0.1) is 5.56 Å². The lowest BCUT2D eigenvalue weighted by Crippen LogP contribution is -2.52. The van der Waals surface area contributed by atoms with Gasteiger partial charge in [0.15, 0.2) is 0 Å². The quantitative estimate of drug-likeness (QED) is 0.906. The van der Waals surface area contributed by atoms with Crippen molar-refractivity contribution in [3.8, 4) is 0 Å². The number of hydrogen-bond donors (Lipinski definition) is 1. The smallest absolute Gasteiger partial charge is 0.255 e. The fraction of sp³-hybridized carbons (Fsp3) is 0.647. The highest BCUT2D eigenvalue weighted by Crippen LogP contribution is 2.18. The fourth-order valence-corrected chi connectivity index (χ4v) is 3.31. The maximum Gasteiger partial charge on any atom is 0.255 e. The summed E-state index contributed by atoms with van der Waals surface area (Å²) in [7, 11) is 0. The van der Waals surface area contributed by atoms with Crippen molar-refractivity contribution in [3.63, 3.8) is 0 Å². The van der Waals surface area contributed by atoms with Gasteiger partial charge in [-0.15, -0.1) is 0 Å². The van der Waals surface area contributed by atoms with Gasteiger partial charge in [0.2, 0.25) is 0 Å². The lowest BCUT2D eigenvalue weighted by Gasteiger charge is -2.34. The number of pyridine rings is 1. The van der Waals surface area contributed by atoms with Crippen LogP contribution in [0.15, 0.2) is 18.3 Å². The first kappa shape index (κ1) is 15.3. The standard InChI is InChI=1S/C17H26N4O/c1-14-12-18-8-11-21(14)17(22)15-6-7-16(19-13-15)20-9-4-2-3-5-10-20/h6-7,13-14,18H,2-5,8-12H2,1H3/t14-/m1/s1. The van der Waals surface area contributed by atoms with Gasteiger partial charge in [0, 0.05) is 45.0 Å². The van der Waals surface area contributed by atoms with Crippen LogP contribution in [-0.4, -0.2) is 54.6 Å². The Labute approximate surface area is 132 Å². The molecule has 0 bridgehead atoms. The summed E-state index contributed by atoms with van der Waals surface area (Å²) in [5.74, 6) is 1.11. The number of nitrogens with zero attached hydrogens (tertiary/aromatic N) is 3. The lowest BCUT2D eigenvalue weighted by atomic mass is 10.1. The second kappa shape index (κ2) is 7.09. The van der Waals surface area contributed by atoms with Crippen LogP contribution in [0, 0.1) is 0 Å². The molecule has 0 radical (unpaired) electrons. The molecule has 1 N–H and O–H groups in total. The summed E-state index contributed by atoms with van der Waals surface area (Å²) in [5.41, 5.74) is 0.701. The highest BCUT2D eigenvalue weighted by molar-refractivity contribution is 5.94. The SMILES string of the molecule is C[C@@H]1CNCCN1C(=O)c1ccc(N2CCCCCC2)nc1.